The minimum absolute atomic E-state index is 0. The second-order valence-corrected chi connectivity index (χ2v) is 1.38. The van der Waals surface area contributed by atoms with Crippen LogP contribution >= 0.6 is 0 Å². The van der Waals surface area contributed by atoms with Crippen molar-refractivity contribution in [2.75, 3.05) is 0 Å². The highest BCUT2D eigenvalue weighted by atomic mass is 32.2. The van der Waals surface area contributed by atoms with Crippen molar-refractivity contribution in [1.29, 1.82) is 0 Å². The minimum atomic E-state index is -2.61. The van der Waals surface area contributed by atoms with Crippen molar-refractivity contribution in [3.05, 3.63) is 0 Å². The Labute approximate surface area is 62.4 Å². The minimum Gasteiger partial charge on any atom is -0.344 e. The van der Waals surface area contributed by atoms with Crippen LogP contribution in [0.15, 0.2) is 0 Å². The summed E-state index contributed by atoms with van der Waals surface area (Å²) in [6.07, 6.45) is 0. The molecule has 0 radical (unpaired) electrons. The molecule has 0 unspecified atom stereocenters. The summed E-state index contributed by atoms with van der Waals surface area (Å²) in [7, 11) is 0. The molecule has 0 aromatic heterocycles. The third kappa shape index (κ3) is 112000. The fourth-order valence-corrected chi connectivity index (χ4v) is 0. The zero-order valence-corrected chi connectivity index (χ0v) is 6.47. The summed E-state index contributed by atoms with van der Waals surface area (Å²) in [5.74, 6) is 0. The average Bonchev–Trinajstić information content (AvgIpc) is 1.25. The van der Waals surface area contributed by atoms with E-state index in [2.05, 4.69) is 0 Å². The molecule has 0 aliphatic carbocycles. The van der Waals surface area contributed by atoms with Crippen LogP contribution in [-0.2, 0) is 22.7 Å². The highest BCUT2D eigenvalue weighted by molar-refractivity contribution is 7.73. The molecule has 0 aliphatic heterocycles. The van der Waals surface area contributed by atoms with Crippen LogP contribution in [0.2, 0.25) is 0 Å². The molecule has 10 heteroatoms. The van der Waals surface area contributed by atoms with E-state index in [-0.39, 0.29) is 12.3 Å². The molecule has 0 aromatic carbocycles. The SMILES string of the molecule is N.N.O=S(O)O.O=S(O)O. The zero-order chi connectivity index (χ0) is 7.15. The first-order valence-electron chi connectivity index (χ1n) is 1.06. The predicted molar refractivity (Wildman–Crippen MR) is 36.8 cm³/mol. The lowest BCUT2D eigenvalue weighted by Gasteiger charge is -1.59. The Morgan fingerprint density at radius 3 is 0.700 bits per heavy atom. The summed E-state index contributed by atoms with van der Waals surface area (Å²) < 4.78 is 45.7. The van der Waals surface area contributed by atoms with Gasteiger partial charge < -0.3 is 12.3 Å². The second-order valence-electron chi connectivity index (χ2n) is 0.461. The summed E-state index contributed by atoms with van der Waals surface area (Å²) in [5, 5.41) is 0. The molecular formula is H10N2O6S2. The van der Waals surface area contributed by atoms with Gasteiger partial charge in [-0.2, -0.15) is 8.42 Å². The second kappa shape index (κ2) is 16.0. The average molecular weight is 198 g/mol. The monoisotopic (exact) mass is 198 g/mol. The highest BCUT2D eigenvalue weighted by Gasteiger charge is 1.63. The van der Waals surface area contributed by atoms with E-state index < -0.39 is 22.7 Å². The van der Waals surface area contributed by atoms with Crippen LogP contribution < -0.4 is 12.3 Å². The first-order chi connectivity index (χ1) is 3.46. The topological polar surface area (TPSA) is 185 Å². The van der Waals surface area contributed by atoms with E-state index in [9.17, 15) is 0 Å². The largest absolute Gasteiger partial charge is 0.344 e. The van der Waals surface area contributed by atoms with Crippen molar-refractivity contribution >= 4 is 22.7 Å². The van der Waals surface area contributed by atoms with Crippen molar-refractivity contribution in [3.8, 4) is 0 Å². The standard InChI is InChI=1S/2H3N.2H2O3S/c;;2*1-4(2)3/h2*1H3;2*(H2,1,2,3). The molecule has 0 atom stereocenters. The fraction of sp³-hybridized carbons (Fsp3) is 0. The van der Waals surface area contributed by atoms with Gasteiger partial charge in [0.15, 0.2) is 0 Å². The Bertz CT molecular complexity index is 71.7. The summed E-state index contributed by atoms with van der Waals surface area (Å²) in [4.78, 5) is 0. The Kier molecular flexibility index (Phi) is 36.0. The molecule has 8 nitrogen and oxygen atoms in total. The van der Waals surface area contributed by atoms with Gasteiger partial charge in [0.25, 0.3) is 22.7 Å². The van der Waals surface area contributed by atoms with Crippen molar-refractivity contribution in [1.82, 2.24) is 12.3 Å². The Balaban J connectivity index is -0.0000000300. The molecular weight excluding hydrogens is 188 g/mol. The van der Waals surface area contributed by atoms with Crippen molar-refractivity contribution < 1.29 is 26.6 Å². The Hall–Kier alpha value is 0.0600. The molecule has 68 valence electrons. The van der Waals surface area contributed by atoms with E-state index in [1.807, 2.05) is 0 Å². The maximum Gasteiger partial charge on any atom is 0.299 e. The van der Waals surface area contributed by atoms with Crippen LogP contribution in [0.5, 0.6) is 0 Å². The quantitative estimate of drug-likeness (QED) is 0.286. The number of rotatable bonds is 0. The van der Waals surface area contributed by atoms with Gasteiger partial charge in [0.05, 0.1) is 0 Å². The Morgan fingerprint density at radius 2 is 0.700 bits per heavy atom. The van der Waals surface area contributed by atoms with Gasteiger partial charge in [0, 0.05) is 0 Å². The molecule has 0 bridgehead atoms. The van der Waals surface area contributed by atoms with Crippen molar-refractivity contribution in [2.24, 2.45) is 0 Å². The van der Waals surface area contributed by atoms with Gasteiger partial charge in [-0.15, -0.1) is 0 Å². The summed E-state index contributed by atoms with van der Waals surface area (Å²) in [6, 6.07) is 0. The molecule has 0 spiro atoms. The van der Waals surface area contributed by atoms with E-state index in [4.69, 9.17) is 26.6 Å². The van der Waals surface area contributed by atoms with Gasteiger partial charge >= 0.3 is 0 Å². The molecule has 0 saturated heterocycles. The van der Waals surface area contributed by atoms with Gasteiger partial charge in [0.1, 0.15) is 0 Å². The molecule has 0 fully saturated rings. The summed E-state index contributed by atoms with van der Waals surface area (Å²) >= 11 is -5.22. The lowest BCUT2D eigenvalue weighted by Crippen LogP contribution is -1.74. The summed E-state index contributed by atoms with van der Waals surface area (Å²) in [5.41, 5.74) is 0. The number of hydrogen-bond acceptors (Lipinski definition) is 4. The molecule has 0 aliphatic rings. The molecule has 10 heavy (non-hydrogen) atoms. The zero-order valence-electron chi connectivity index (χ0n) is 4.84. The smallest absolute Gasteiger partial charge is 0.299 e. The van der Waals surface area contributed by atoms with Gasteiger partial charge in [-0.1, -0.05) is 0 Å². The molecule has 10 N–H and O–H groups in total. The molecule has 0 heterocycles. The maximum atomic E-state index is 8.67. The van der Waals surface area contributed by atoms with E-state index in [1.54, 1.807) is 0 Å². The Morgan fingerprint density at radius 1 is 0.700 bits per heavy atom. The van der Waals surface area contributed by atoms with Crippen LogP contribution in [0.3, 0.4) is 0 Å². The maximum absolute atomic E-state index is 8.67. The fourth-order valence-electron chi connectivity index (χ4n) is 0. The van der Waals surface area contributed by atoms with E-state index in [0.717, 1.165) is 0 Å². The van der Waals surface area contributed by atoms with Gasteiger partial charge in [0.2, 0.25) is 0 Å². The van der Waals surface area contributed by atoms with Crippen molar-refractivity contribution in [2.45, 2.75) is 0 Å². The van der Waals surface area contributed by atoms with Crippen LogP contribution in [0.1, 0.15) is 0 Å². The van der Waals surface area contributed by atoms with Crippen LogP contribution in [0.4, 0.5) is 0 Å². The summed E-state index contributed by atoms with van der Waals surface area (Å²) in [6.45, 7) is 0. The lowest BCUT2D eigenvalue weighted by molar-refractivity contribution is 0.452. The predicted octanol–water partition coefficient (Wildman–Crippen LogP) is -0.314. The lowest BCUT2D eigenvalue weighted by atomic mass is 14.0. The third-order valence-corrected chi connectivity index (χ3v) is 0. The number of hydrogen-bond donors (Lipinski definition) is 6. The van der Waals surface area contributed by atoms with Gasteiger partial charge in [-0.25, -0.2) is 0 Å². The normalized spacial score (nSPS) is 7.00. The van der Waals surface area contributed by atoms with Gasteiger partial charge in [-0.05, 0) is 0 Å². The molecule has 0 aromatic rings. The van der Waals surface area contributed by atoms with Crippen LogP contribution in [0, 0.1) is 0 Å². The first kappa shape index (κ1) is 22.5. The highest BCUT2D eigenvalue weighted by Crippen LogP contribution is 1.44. The van der Waals surface area contributed by atoms with Crippen LogP contribution in [-0.4, -0.2) is 26.6 Å². The van der Waals surface area contributed by atoms with E-state index >= 15 is 0 Å². The van der Waals surface area contributed by atoms with E-state index in [1.165, 1.54) is 0 Å². The van der Waals surface area contributed by atoms with Crippen LogP contribution in [0.25, 0.3) is 0 Å². The van der Waals surface area contributed by atoms with Crippen molar-refractivity contribution in [3.63, 3.8) is 0 Å². The first-order valence-corrected chi connectivity index (χ1v) is 3.19. The third-order valence-electron chi connectivity index (χ3n) is 0. The molecule has 0 saturated carbocycles. The van der Waals surface area contributed by atoms with E-state index in [0.29, 0.717) is 0 Å². The molecule has 0 rings (SSSR count). The molecule has 0 amide bonds. The van der Waals surface area contributed by atoms with Gasteiger partial charge in [-0.3, -0.25) is 18.2 Å².